The Balaban J connectivity index is 2.77. The fourth-order valence-corrected chi connectivity index (χ4v) is 7.69. The number of unbranched alkanes of at least 4 members (excludes halogenated alkanes) is 12. The molecule has 0 aromatic carbocycles. The number of carbonyl (C=O) groups is 4. The first-order valence-electron chi connectivity index (χ1n) is 28.5. The first-order valence-corrected chi connectivity index (χ1v) is 28.5. The van der Waals surface area contributed by atoms with E-state index in [0.717, 1.165) is 89.9 Å². The van der Waals surface area contributed by atoms with Crippen molar-refractivity contribution in [1.29, 1.82) is 0 Å². The second-order valence-electron chi connectivity index (χ2n) is 18.8. The van der Waals surface area contributed by atoms with Gasteiger partial charge in [0.25, 0.3) is 0 Å². The Labute approximate surface area is 452 Å². The molecule has 3 N–H and O–H groups in total. The highest BCUT2D eigenvalue weighted by Crippen LogP contribution is 2.26. The van der Waals surface area contributed by atoms with Crippen LogP contribution in [0.1, 0.15) is 201 Å². The summed E-state index contributed by atoms with van der Waals surface area (Å²) in [7, 11) is 0. The van der Waals surface area contributed by atoms with E-state index in [1.807, 2.05) is 12.2 Å². The first-order chi connectivity index (χ1) is 36.6. The summed E-state index contributed by atoms with van der Waals surface area (Å²) in [4.78, 5) is 51.0. The van der Waals surface area contributed by atoms with Crippen LogP contribution in [0, 0.1) is 0 Å². The van der Waals surface area contributed by atoms with Gasteiger partial charge in [0.2, 0.25) is 0 Å². The van der Waals surface area contributed by atoms with Crippen LogP contribution in [0.25, 0.3) is 0 Å². The molecule has 12 nitrogen and oxygen atoms in total. The minimum Gasteiger partial charge on any atom is -0.479 e. The number of rotatable bonds is 46. The van der Waals surface area contributed by atoms with Crippen molar-refractivity contribution in [3.05, 3.63) is 122 Å². The molecule has 6 unspecified atom stereocenters. The summed E-state index contributed by atoms with van der Waals surface area (Å²) in [6.07, 6.45) is 56.2. The predicted octanol–water partition coefficient (Wildman–Crippen LogP) is 14.4. The molecule has 422 valence electrons. The monoisotopic (exact) mass is 1050 g/mol. The van der Waals surface area contributed by atoms with Crippen molar-refractivity contribution in [2.24, 2.45) is 0 Å². The molecule has 0 aromatic rings. The van der Waals surface area contributed by atoms with Gasteiger partial charge in [0.15, 0.2) is 24.6 Å². The van der Waals surface area contributed by atoms with Gasteiger partial charge in [-0.15, -0.1) is 0 Å². The molecule has 6 atom stereocenters. The van der Waals surface area contributed by atoms with Gasteiger partial charge in [0, 0.05) is 19.3 Å². The molecule has 0 radical (unpaired) electrons. The average molecular weight is 1050 g/mol. The number of hydrogen-bond donors (Lipinski definition) is 3. The molecule has 1 fully saturated rings. The third-order valence-electron chi connectivity index (χ3n) is 12.0. The molecular formula is C63H98O12. The number of aliphatic hydroxyl groups excluding tert-OH is 2. The fourth-order valence-electron chi connectivity index (χ4n) is 7.69. The Hall–Kier alpha value is -4.88. The number of aliphatic carboxylic acids is 1. The van der Waals surface area contributed by atoms with E-state index >= 15 is 0 Å². The van der Waals surface area contributed by atoms with Gasteiger partial charge in [-0.3, -0.25) is 14.4 Å². The van der Waals surface area contributed by atoms with Crippen LogP contribution in [0.4, 0.5) is 0 Å². The molecule has 0 aliphatic carbocycles. The number of ether oxygens (including phenoxy) is 5. The van der Waals surface area contributed by atoms with Crippen LogP contribution in [0.15, 0.2) is 122 Å². The largest absolute Gasteiger partial charge is 0.479 e. The van der Waals surface area contributed by atoms with Crippen molar-refractivity contribution in [2.75, 3.05) is 13.2 Å². The summed E-state index contributed by atoms with van der Waals surface area (Å²) in [5, 5.41) is 31.4. The molecular weight excluding hydrogens is 949 g/mol. The summed E-state index contributed by atoms with van der Waals surface area (Å²) >= 11 is 0. The minimum atomic E-state index is -1.93. The second-order valence-corrected chi connectivity index (χ2v) is 18.8. The number of carboxylic acids is 1. The van der Waals surface area contributed by atoms with Crippen LogP contribution in [-0.4, -0.2) is 89.2 Å². The third-order valence-corrected chi connectivity index (χ3v) is 12.0. The standard InChI is InChI=1S/C63H98O12/c1-4-7-10-13-16-19-22-25-27-28-30-32-34-37-40-43-46-49-55(64)71-52-54(73-56(65)50-47-44-41-38-35-31-24-21-18-15-12-9-6-3)53-72-63-61(59(68)58(67)60(75-63)62(69)70)74-57(66)51-48-45-42-39-36-33-29-26-23-20-17-14-11-8-5-2/h8-9,11-12,16-21,25-27,29,31,35-36,39,41,44,54,58-61,63,67-68H,4-7,10,13-15,22-24,28,30,32-34,37-38,40,42-43,45-53H2,1-3H3,(H,69,70)/b11-8-,12-9-,19-16-,20-17-,21-18-,27-25-,29-26-,35-31-,39-36-,44-41-. The summed E-state index contributed by atoms with van der Waals surface area (Å²) in [6, 6.07) is 0. The maximum Gasteiger partial charge on any atom is 0.335 e. The van der Waals surface area contributed by atoms with E-state index in [1.54, 1.807) is 0 Å². The van der Waals surface area contributed by atoms with Crippen molar-refractivity contribution in [3.63, 3.8) is 0 Å². The van der Waals surface area contributed by atoms with Crippen molar-refractivity contribution in [2.45, 2.75) is 237 Å². The second kappa shape index (κ2) is 50.0. The number of aliphatic hydroxyl groups is 2. The van der Waals surface area contributed by atoms with E-state index in [9.17, 15) is 34.5 Å². The number of esters is 3. The zero-order valence-corrected chi connectivity index (χ0v) is 46.2. The van der Waals surface area contributed by atoms with Gasteiger partial charge in [-0.1, -0.05) is 187 Å². The lowest BCUT2D eigenvalue weighted by molar-refractivity contribution is -0.301. The maximum absolute atomic E-state index is 13.1. The number of carboxylic acid groups (broad SMARTS) is 1. The van der Waals surface area contributed by atoms with Gasteiger partial charge in [-0.25, -0.2) is 4.79 Å². The summed E-state index contributed by atoms with van der Waals surface area (Å²) in [6.45, 7) is 5.62. The van der Waals surface area contributed by atoms with Crippen LogP contribution >= 0.6 is 0 Å². The number of carbonyl (C=O) groups excluding carboxylic acids is 3. The van der Waals surface area contributed by atoms with Gasteiger partial charge in [0.05, 0.1) is 6.61 Å². The van der Waals surface area contributed by atoms with E-state index in [4.69, 9.17) is 23.7 Å². The third kappa shape index (κ3) is 40.1. The highest BCUT2D eigenvalue weighted by molar-refractivity contribution is 5.74. The Kier molecular flexibility index (Phi) is 45.4. The molecule has 0 aromatic heterocycles. The molecule has 0 saturated carbocycles. The molecule has 0 spiro atoms. The molecule has 1 saturated heterocycles. The van der Waals surface area contributed by atoms with Crippen molar-refractivity contribution in [3.8, 4) is 0 Å². The van der Waals surface area contributed by atoms with Crippen molar-refractivity contribution < 1.29 is 58.2 Å². The van der Waals surface area contributed by atoms with Crippen LogP contribution in [0.3, 0.4) is 0 Å². The quantitative estimate of drug-likeness (QED) is 0.0228. The molecule has 0 bridgehead atoms. The maximum atomic E-state index is 13.1. The SMILES string of the molecule is CC/C=C\C/C=C\C/C=C\C/C=C\CCCCC(=O)OC1C(OCC(COC(=O)CCCCCCCCC/C=C\C/C=C\CCCCC)OC(=O)CC/C=C\C/C=C\C/C=C\C/C=C\CC)OC(C(=O)O)C(O)C1O. The topological polar surface area (TPSA) is 175 Å². The lowest BCUT2D eigenvalue weighted by atomic mass is 9.98. The number of hydrogen-bond acceptors (Lipinski definition) is 11. The Morgan fingerprint density at radius 2 is 0.867 bits per heavy atom. The van der Waals surface area contributed by atoms with E-state index < -0.39 is 67.3 Å². The zero-order chi connectivity index (χ0) is 54.7. The Morgan fingerprint density at radius 1 is 0.453 bits per heavy atom. The predicted molar refractivity (Wildman–Crippen MR) is 303 cm³/mol. The van der Waals surface area contributed by atoms with E-state index in [2.05, 4.69) is 130 Å². The van der Waals surface area contributed by atoms with Gasteiger partial charge in [-0.2, -0.15) is 0 Å². The first kappa shape index (κ1) is 68.1. The van der Waals surface area contributed by atoms with Crippen LogP contribution < -0.4 is 0 Å². The van der Waals surface area contributed by atoms with E-state index in [-0.39, 0.29) is 25.9 Å². The average Bonchev–Trinajstić information content (AvgIpc) is 3.39. The van der Waals surface area contributed by atoms with E-state index in [0.29, 0.717) is 32.1 Å². The van der Waals surface area contributed by atoms with Gasteiger partial charge in [-0.05, 0) is 116 Å². The van der Waals surface area contributed by atoms with E-state index in [1.165, 1.54) is 38.5 Å². The molecule has 1 rings (SSSR count). The molecule has 1 heterocycles. The van der Waals surface area contributed by atoms with Crippen molar-refractivity contribution in [1.82, 2.24) is 0 Å². The summed E-state index contributed by atoms with van der Waals surface area (Å²) in [5.74, 6) is -3.32. The van der Waals surface area contributed by atoms with Gasteiger partial charge >= 0.3 is 23.9 Å². The summed E-state index contributed by atoms with van der Waals surface area (Å²) < 4.78 is 28.2. The molecule has 1 aliphatic heterocycles. The van der Waals surface area contributed by atoms with Gasteiger partial charge in [0.1, 0.15) is 18.8 Å². The minimum absolute atomic E-state index is 0.00699. The lowest BCUT2D eigenvalue weighted by Crippen LogP contribution is -2.61. The summed E-state index contributed by atoms with van der Waals surface area (Å²) in [5.41, 5.74) is 0. The van der Waals surface area contributed by atoms with Crippen LogP contribution in [0.5, 0.6) is 0 Å². The normalized spacial score (nSPS) is 19.1. The lowest BCUT2D eigenvalue weighted by Gasteiger charge is -2.40. The highest BCUT2D eigenvalue weighted by atomic mass is 16.7. The molecule has 1 aliphatic rings. The smallest absolute Gasteiger partial charge is 0.335 e. The molecule has 0 amide bonds. The number of allylic oxidation sites excluding steroid dienone is 20. The van der Waals surface area contributed by atoms with Crippen LogP contribution in [-0.2, 0) is 42.9 Å². The Morgan fingerprint density at radius 3 is 1.36 bits per heavy atom. The molecule has 12 heteroatoms. The van der Waals surface area contributed by atoms with Gasteiger partial charge < -0.3 is 39.0 Å². The fraction of sp³-hybridized carbons (Fsp3) is 0.619. The van der Waals surface area contributed by atoms with Crippen molar-refractivity contribution >= 4 is 23.9 Å². The van der Waals surface area contributed by atoms with Crippen LogP contribution in [0.2, 0.25) is 0 Å². The molecule has 75 heavy (non-hydrogen) atoms. The Bertz CT molecular complexity index is 1770. The zero-order valence-electron chi connectivity index (χ0n) is 46.2. The highest BCUT2D eigenvalue weighted by Gasteiger charge is 2.50.